The first-order chi connectivity index (χ1) is 16.0. The van der Waals surface area contributed by atoms with Gasteiger partial charge in [-0.15, -0.1) is 0 Å². The van der Waals surface area contributed by atoms with Gasteiger partial charge >= 0.3 is 0 Å². The Labute approximate surface area is 203 Å². The number of benzene rings is 4. The molecular formula is C33H34O. The Balaban J connectivity index is 1.82. The highest BCUT2D eigenvalue weighted by molar-refractivity contribution is 6.15. The highest BCUT2D eigenvalue weighted by atomic mass is 16.3. The lowest BCUT2D eigenvalue weighted by Gasteiger charge is -2.26. The molecule has 1 nitrogen and oxygen atoms in total. The maximum absolute atomic E-state index is 6.34. The van der Waals surface area contributed by atoms with Gasteiger partial charge in [-0.25, -0.2) is 0 Å². The second kappa shape index (κ2) is 7.87. The molecule has 34 heavy (non-hydrogen) atoms. The van der Waals surface area contributed by atoms with Gasteiger partial charge < -0.3 is 4.42 Å². The van der Waals surface area contributed by atoms with Crippen molar-refractivity contribution in [3.05, 3.63) is 95.6 Å². The lowest BCUT2D eigenvalue weighted by molar-refractivity contribution is 0.569. The second-order valence-corrected chi connectivity index (χ2v) is 11.6. The Morgan fingerprint density at radius 2 is 1.15 bits per heavy atom. The van der Waals surface area contributed by atoms with E-state index in [0.717, 1.165) is 11.2 Å². The number of fused-ring (bicyclic) bond motifs is 3. The summed E-state index contributed by atoms with van der Waals surface area (Å²) in [6.45, 7) is 16.0. The molecule has 5 rings (SSSR count). The molecule has 0 N–H and O–H groups in total. The fraction of sp³-hybridized carbons (Fsp3) is 0.273. The minimum absolute atomic E-state index is 0.0802. The summed E-state index contributed by atoms with van der Waals surface area (Å²) in [4.78, 5) is 0. The first-order valence-electron chi connectivity index (χ1n) is 12.2. The Morgan fingerprint density at radius 1 is 0.529 bits per heavy atom. The molecule has 0 saturated heterocycles. The van der Waals surface area contributed by atoms with Crippen molar-refractivity contribution in [3.63, 3.8) is 0 Å². The maximum atomic E-state index is 6.34. The summed E-state index contributed by atoms with van der Waals surface area (Å²) >= 11 is 0. The molecule has 0 radical (unpaired) electrons. The van der Waals surface area contributed by atoms with E-state index in [1.165, 1.54) is 49.7 Å². The molecule has 0 saturated carbocycles. The summed E-state index contributed by atoms with van der Waals surface area (Å²) in [5.41, 5.74) is 11.0. The van der Waals surface area contributed by atoms with Gasteiger partial charge in [-0.3, -0.25) is 0 Å². The van der Waals surface area contributed by atoms with Crippen LogP contribution in [-0.2, 0) is 10.8 Å². The van der Waals surface area contributed by atoms with E-state index in [1.54, 1.807) is 0 Å². The van der Waals surface area contributed by atoms with Crippen LogP contribution in [0.25, 0.3) is 44.2 Å². The molecule has 172 valence electrons. The molecule has 1 heteroatoms. The van der Waals surface area contributed by atoms with Crippen LogP contribution < -0.4 is 0 Å². The number of hydrogen-bond acceptors (Lipinski definition) is 1. The fourth-order valence-electron chi connectivity index (χ4n) is 4.90. The predicted molar refractivity (Wildman–Crippen MR) is 147 cm³/mol. The SMILES string of the molecule is Cc1c(-c2cc(C(C)(C)C)cc(C(C)(C)C)c2)ccc2oc3cccc(-c4ccccc4)c3c12. The third-order valence-corrected chi connectivity index (χ3v) is 6.98. The highest BCUT2D eigenvalue weighted by Gasteiger charge is 2.22. The fourth-order valence-corrected chi connectivity index (χ4v) is 4.90. The summed E-state index contributed by atoms with van der Waals surface area (Å²) in [6.07, 6.45) is 0. The minimum Gasteiger partial charge on any atom is -0.456 e. The second-order valence-electron chi connectivity index (χ2n) is 11.6. The standard InChI is InChI=1S/C33H34O/c1-21-26(23-18-24(32(2,3)4)20-25(19-23)33(5,6)7)16-17-29-30(21)31-27(14-11-15-28(31)34-29)22-12-9-8-10-13-22/h8-20H,1-7H3. The molecule has 5 aromatic rings. The zero-order chi connectivity index (χ0) is 24.3. The van der Waals surface area contributed by atoms with E-state index in [2.05, 4.69) is 127 Å². The molecule has 0 bridgehead atoms. The van der Waals surface area contributed by atoms with E-state index in [9.17, 15) is 0 Å². The monoisotopic (exact) mass is 446 g/mol. The molecule has 0 aliphatic heterocycles. The van der Waals surface area contributed by atoms with Crippen LogP contribution in [0.15, 0.2) is 83.3 Å². The van der Waals surface area contributed by atoms with Gasteiger partial charge in [0.2, 0.25) is 0 Å². The van der Waals surface area contributed by atoms with Gasteiger partial charge in [0, 0.05) is 10.8 Å². The zero-order valence-corrected chi connectivity index (χ0v) is 21.4. The van der Waals surface area contributed by atoms with Gasteiger partial charge in [0.05, 0.1) is 0 Å². The molecule has 0 aliphatic carbocycles. The zero-order valence-electron chi connectivity index (χ0n) is 21.4. The maximum Gasteiger partial charge on any atom is 0.136 e. The molecular weight excluding hydrogens is 412 g/mol. The number of furan rings is 1. The number of aryl methyl sites for hydroxylation is 1. The van der Waals surface area contributed by atoms with E-state index in [1.807, 2.05) is 0 Å². The lowest BCUT2D eigenvalue weighted by Crippen LogP contribution is -2.16. The van der Waals surface area contributed by atoms with Crippen LogP contribution in [0.2, 0.25) is 0 Å². The van der Waals surface area contributed by atoms with Crippen LogP contribution in [0.5, 0.6) is 0 Å². The lowest BCUT2D eigenvalue weighted by atomic mass is 9.78. The van der Waals surface area contributed by atoms with Crippen molar-refractivity contribution >= 4 is 21.9 Å². The van der Waals surface area contributed by atoms with Gasteiger partial charge in [-0.2, -0.15) is 0 Å². The third-order valence-electron chi connectivity index (χ3n) is 6.98. The van der Waals surface area contributed by atoms with Crippen LogP contribution >= 0.6 is 0 Å². The number of hydrogen-bond donors (Lipinski definition) is 0. The molecule has 0 spiro atoms. The summed E-state index contributed by atoms with van der Waals surface area (Å²) < 4.78 is 6.34. The van der Waals surface area contributed by atoms with Crippen molar-refractivity contribution in [1.82, 2.24) is 0 Å². The molecule has 4 aromatic carbocycles. The van der Waals surface area contributed by atoms with Gasteiger partial charge in [-0.1, -0.05) is 108 Å². The Morgan fingerprint density at radius 3 is 1.76 bits per heavy atom. The normalized spacial score (nSPS) is 12.6. The van der Waals surface area contributed by atoms with Crippen molar-refractivity contribution < 1.29 is 4.42 Å². The highest BCUT2D eigenvalue weighted by Crippen LogP contribution is 2.42. The third kappa shape index (κ3) is 3.84. The van der Waals surface area contributed by atoms with Crippen molar-refractivity contribution in [3.8, 4) is 22.3 Å². The van der Waals surface area contributed by atoms with Crippen LogP contribution in [0.4, 0.5) is 0 Å². The van der Waals surface area contributed by atoms with Gasteiger partial charge in [0.25, 0.3) is 0 Å². The van der Waals surface area contributed by atoms with E-state index in [-0.39, 0.29) is 10.8 Å². The van der Waals surface area contributed by atoms with Crippen molar-refractivity contribution in [2.24, 2.45) is 0 Å². The van der Waals surface area contributed by atoms with E-state index in [4.69, 9.17) is 4.42 Å². The summed E-state index contributed by atoms with van der Waals surface area (Å²) in [5.74, 6) is 0. The number of rotatable bonds is 2. The van der Waals surface area contributed by atoms with Crippen LogP contribution in [0.3, 0.4) is 0 Å². The summed E-state index contributed by atoms with van der Waals surface area (Å²) in [6, 6.07) is 28.5. The van der Waals surface area contributed by atoms with Gasteiger partial charge in [0.1, 0.15) is 11.2 Å². The van der Waals surface area contributed by atoms with Crippen molar-refractivity contribution in [2.45, 2.75) is 59.3 Å². The average molecular weight is 447 g/mol. The summed E-state index contributed by atoms with van der Waals surface area (Å²) in [5, 5.41) is 2.41. The van der Waals surface area contributed by atoms with E-state index in [0.29, 0.717) is 0 Å². The topological polar surface area (TPSA) is 13.1 Å². The van der Waals surface area contributed by atoms with Crippen LogP contribution in [-0.4, -0.2) is 0 Å². The molecule has 1 aromatic heterocycles. The molecule has 0 fully saturated rings. The minimum atomic E-state index is 0.0802. The van der Waals surface area contributed by atoms with Crippen molar-refractivity contribution in [1.29, 1.82) is 0 Å². The Hall–Kier alpha value is -3.32. The smallest absolute Gasteiger partial charge is 0.136 e. The predicted octanol–water partition coefficient (Wildman–Crippen LogP) is 9.82. The van der Waals surface area contributed by atoms with Crippen LogP contribution in [0, 0.1) is 6.92 Å². The molecule has 0 unspecified atom stereocenters. The molecule has 0 aliphatic rings. The van der Waals surface area contributed by atoms with Crippen molar-refractivity contribution in [2.75, 3.05) is 0 Å². The first kappa shape index (κ1) is 22.5. The van der Waals surface area contributed by atoms with Gasteiger partial charge in [-0.05, 0) is 68.8 Å². The van der Waals surface area contributed by atoms with Crippen LogP contribution in [0.1, 0.15) is 58.2 Å². The summed E-state index contributed by atoms with van der Waals surface area (Å²) in [7, 11) is 0. The molecule has 0 atom stereocenters. The first-order valence-corrected chi connectivity index (χ1v) is 12.2. The Bertz CT molecular complexity index is 1470. The molecule has 0 amide bonds. The van der Waals surface area contributed by atoms with E-state index >= 15 is 0 Å². The average Bonchev–Trinajstić information content (AvgIpc) is 3.18. The Kier molecular flexibility index (Phi) is 5.20. The molecule has 1 heterocycles. The van der Waals surface area contributed by atoms with Gasteiger partial charge in [0.15, 0.2) is 0 Å². The largest absolute Gasteiger partial charge is 0.456 e. The quantitative estimate of drug-likeness (QED) is 0.263. The van der Waals surface area contributed by atoms with E-state index < -0.39 is 0 Å².